The molecule has 138 valence electrons. The molecule has 2 aliphatic rings. The summed E-state index contributed by atoms with van der Waals surface area (Å²) in [6.45, 7) is 1.90. The lowest BCUT2D eigenvalue weighted by Gasteiger charge is -2.26. The summed E-state index contributed by atoms with van der Waals surface area (Å²) < 4.78 is 50.3. The molecule has 1 aromatic rings. The molecular weight excluding hydrogens is 364 g/mol. The van der Waals surface area contributed by atoms with Crippen molar-refractivity contribution < 1.29 is 21.6 Å². The van der Waals surface area contributed by atoms with Crippen molar-refractivity contribution >= 4 is 25.8 Å². The van der Waals surface area contributed by atoms with E-state index in [2.05, 4.69) is 5.32 Å². The van der Waals surface area contributed by atoms with E-state index in [1.54, 1.807) is 6.92 Å². The van der Waals surface area contributed by atoms with E-state index in [0.29, 0.717) is 12.0 Å². The van der Waals surface area contributed by atoms with Crippen molar-refractivity contribution in [2.45, 2.75) is 43.2 Å². The number of sulfonamides is 1. The SMILES string of the molecule is CCN(C1CCS(=O)(=O)C1)S(=O)(=O)c1ccc(C(=O)NC2CC2)cc1. The number of hydrogen-bond donors (Lipinski definition) is 1. The Morgan fingerprint density at radius 3 is 2.32 bits per heavy atom. The number of sulfone groups is 1. The van der Waals surface area contributed by atoms with Gasteiger partial charge in [0.05, 0.1) is 16.4 Å². The van der Waals surface area contributed by atoms with Gasteiger partial charge in [0.1, 0.15) is 0 Å². The van der Waals surface area contributed by atoms with Gasteiger partial charge in [0.25, 0.3) is 5.91 Å². The zero-order chi connectivity index (χ0) is 18.2. The zero-order valence-corrected chi connectivity index (χ0v) is 15.6. The Kier molecular flexibility index (Phi) is 4.91. The van der Waals surface area contributed by atoms with Gasteiger partial charge in [-0.2, -0.15) is 4.31 Å². The largest absolute Gasteiger partial charge is 0.349 e. The van der Waals surface area contributed by atoms with Crippen molar-refractivity contribution in [3.63, 3.8) is 0 Å². The van der Waals surface area contributed by atoms with Crippen LogP contribution < -0.4 is 5.32 Å². The van der Waals surface area contributed by atoms with Gasteiger partial charge in [-0.15, -0.1) is 0 Å². The maximum absolute atomic E-state index is 12.9. The standard InChI is InChI=1S/C16H22N2O5S2/c1-2-18(14-9-10-24(20,21)11-14)25(22,23)15-7-3-12(4-8-15)16(19)17-13-5-6-13/h3-4,7-8,13-14H,2,5-6,9-11H2,1H3,(H,17,19). The monoisotopic (exact) mass is 386 g/mol. The van der Waals surface area contributed by atoms with Gasteiger partial charge in [-0.1, -0.05) is 6.92 Å². The molecular formula is C16H22N2O5S2. The number of hydrogen-bond acceptors (Lipinski definition) is 5. The molecule has 1 N–H and O–H groups in total. The van der Waals surface area contributed by atoms with Crippen LogP contribution in [0.15, 0.2) is 29.2 Å². The Morgan fingerprint density at radius 1 is 1.20 bits per heavy atom. The first kappa shape index (κ1) is 18.3. The number of benzene rings is 1. The van der Waals surface area contributed by atoms with Crippen LogP contribution in [0.25, 0.3) is 0 Å². The Bertz CT molecular complexity index is 858. The summed E-state index contributed by atoms with van der Waals surface area (Å²) in [5.74, 6) is -0.327. The molecule has 2 fully saturated rings. The molecule has 0 radical (unpaired) electrons. The number of carbonyl (C=O) groups excluding carboxylic acids is 1. The minimum atomic E-state index is -3.80. The fourth-order valence-electron chi connectivity index (χ4n) is 3.04. The minimum absolute atomic E-state index is 0.0178. The van der Waals surface area contributed by atoms with Crippen molar-refractivity contribution in [2.24, 2.45) is 0 Å². The summed E-state index contributed by atoms with van der Waals surface area (Å²) in [4.78, 5) is 12.1. The Hall–Kier alpha value is -1.45. The van der Waals surface area contributed by atoms with Gasteiger partial charge in [0, 0.05) is 24.2 Å². The number of amides is 1. The molecule has 25 heavy (non-hydrogen) atoms. The van der Waals surface area contributed by atoms with E-state index in [-0.39, 0.29) is 34.9 Å². The summed E-state index contributed by atoms with van der Waals surface area (Å²) in [5.41, 5.74) is 0.414. The molecule has 0 aromatic heterocycles. The van der Waals surface area contributed by atoms with E-state index in [1.807, 2.05) is 0 Å². The maximum Gasteiger partial charge on any atom is 0.251 e. The van der Waals surface area contributed by atoms with Crippen LogP contribution in [0.1, 0.15) is 36.5 Å². The Morgan fingerprint density at radius 2 is 1.84 bits per heavy atom. The van der Waals surface area contributed by atoms with Crippen molar-refractivity contribution in [1.29, 1.82) is 0 Å². The summed E-state index contributed by atoms with van der Waals surface area (Å²) in [7, 11) is -6.98. The second-order valence-corrected chi connectivity index (χ2v) is 10.7. The van der Waals surface area contributed by atoms with Crippen LogP contribution in [-0.2, 0) is 19.9 Å². The molecule has 1 unspecified atom stereocenters. The lowest BCUT2D eigenvalue weighted by molar-refractivity contribution is 0.0951. The molecule has 1 aliphatic carbocycles. The molecule has 0 bridgehead atoms. The molecule has 3 rings (SSSR count). The average Bonchev–Trinajstić information content (AvgIpc) is 3.30. The lowest BCUT2D eigenvalue weighted by atomic mass is 10.2. The second kappa shape index (κ2) is 6.69. The van der Waals surface area contributed by atoms with Gasteiger partial charge in [-0.05, 0) is 43.5 Å². The van der Waals surface area contributed by atoms with Gasteiger partial charge in [-0.25, -0.2) is 16.8 Å². The molecule has 1 amide bonds. The van der Waals surface area contributed by atoms with Gasteiger partial charge in [-0.3, -0.25) is 4.79 Å². The first-order valence-electron chi connectivity index (χ1n) is 8.36. The maximum atomic E-state index is 12.9. The molecule has 1 saturated carbocycles. The average molecular weight is 386 g/mol. The third-order valence-electron chi connectivity index (χ3n) is 4.56. The van der Waals surface area contributed by atoms with E-state index >= 15 is 0 Å². The predicted molar refractivity (Wildman–Crippen MR) is 93.6 cm³/mol. The molecule has 1 atom stereocenters. The van der Waals surface area contributed by atoms with Crippen molar-refractivity contribution in [1.82, 2.24) is 9.62 Å². The first-order chi connectivity index (χ1) is 11.7. The summed E-state index contributed by atoms with van der Waals surface area (Å²) in [6.07, 6.45) is 2.28. The van der Waals surface area contributed by atoms with E-state index in [0.717, 1.165) is 12.8 Å². The molecule has 7 nitrogen and oxygen atoms in total. The Balaban J connectivity index is 1.79. The highest BCUT2D eigenvalue weighted by Crippen LogP contribution is 2.25. The van der Waals surface area contributed by atoms with E-state index < -0.39 is 25.9 Å². The highest BCUT2D eigenvalue weighted by atomic mass is 32.2. The van der Waals surface area contributed by atoms with E-state index in [4.69, 9.17) is 0 Å². The van der Waals surface area contributed by atoms with Crippen molar-refractivity contribution in [3.05, 3.63) is 29.8 Å². The molecule has 0 spiro atoms. The molecule has 1 aromatic carbocycles. The normalized spacial score (nSPS) is 22.9. The van der Waals surface area contributed by atoms with Gasteiger partial charge in [0.2, 0.25) is 10.0 Å². The minimum Gasteiger partial charge on any atom is -0.349 e. The number of nitrogens with one attached hydrogen (secondary N) is 1. The molecule has 1 aliphatic heterocycles. The predicted octanol–water partition coefficient (Wildman–Crippen LogP) is 0.777. The van der Waals surface area contributed by atoms with Gasteiger partial charge in [0.15, 0.2) is 9.84 Å². The van der Waals surface area contributed by atoms with Crippen LogP contribution >= 0.6 is 0 Å². The quantitative estimate of drug-likeness (QED) is 0.778. The second-order valence-electron chi connectivity index (χ2n) is 6.54. The Labute approximate surface area is 148 Å². The highest BCUT2D eigenvalue weighted by Gasteiger charge is 2.37. The first-order valence-corrected chi connectivity index (χ1v) is 11.6. The van der Waals surface area contributed by atoms with E-state index in [1.165, 1.54) is 28.6 Å². The van der Waals surface area contributed by atoms with Crippen molar-refractivity contribution in [2.75, 3.05) is 18.1 Å². The van der Waals surface area contributed by atoms with Crippen molar-refractivity contribution in [3.8, 4) is 0 Å². The lowest BCUT2D eigenvalue weighted by Crippen LogP contribution is -2.40. The number of nitrogens with zero attached hydrogens (tertiary/aromatic N) is 1. The van der Waals surface area contributed by atoms with Gasteiger partial charge >= 0.3 is 0 Å². The van der Waals surface area contributed by atoms with Crippen LogP contribution in [0.2, 0.25) is 0 Å². The van der Waals surface area contributed by atoms with Gasteiger partial charge < -0.3 is 5.32 Å². The molecule has 1 saturated heterocycles. The van der Waals surface area contributed by atoms with Crippen LogP contribution in [0, 0.1) is 0 Å². The number of carbonyl (C=O) groups is 1. The summed E-state index contributed by atoms with van der Waals surface area (Å²) in [5, 5.41) is 2.85. The van der Waals surface area contributed by atoms with E-state index in [9.17, 15) is 21.6 Å². The zero-order valence-electron chi connectivity index (χ0n) is 14.0. The highest BCUT2D eigenvalue weighted by molar-refractivity contribution is 7.92. The number of rotatable bonds is 6. The third-order valence-corrected chi connectivity index (χ3v) is 8.36. The molecule has 1 heterocycles. The summed E-state index contributed by atoms with van der Waals surface area (Å²) >= 11 is 0. The fourth-order valence-corrected chi connectivity index (χ4v) is 6.53. The fraction of sp³-hybridized carbons (Fsp3) is 0.562. The topological polar surface area (TPSA) is 101 Å². The van der Waals surface area contributed by atoms with Crippen LogP contribution in [0.4, 0.5) is 0 Å². The molecule has 9 heteroatoms. The third kappa shape index (κ3) is 4.04. The van der Waals surface area contributed by atoms with Crippen LogP contribution in [0.5, 0.6) is 0 Å². The van der Waals surface area contributed by atoms with Crippen LogP contribution in [0.3, 0.4) is 0 Å². The summed E-state index contributed by atoms with van der Waals surface area (Å²) in [6, 6.07) is 5.49. The smallest absolute Gasteiger partial charge is 0.251 e. The van der Waals surface area contributed by atoms with Crippen LogP contribution in [-0.4, -0.2) is 57.2 Å².